The Hall–Kier alpha value is -3.55. The Morgan fingerprint density at radius 2 is 1.85 bits per heavy atom. The number of anilines is 1. The quantitative estimate of drug-likeness (QED) is 0.721. The summed E-state index contributed by atoms with van der Waals surface area (Å²) in [5.41, 5.74) is 3.05. The van der Waals surface area contributed by atoms with E-state index >= 15 is 0 Å². The molecule has 0 atom stereocenters. The second-order valence-electron chi connectivity index (χ2n) is 6.02. The molecule has 0 aliphatic carbocycles. The Labute approximate surface area is 156 Å². The molecule has 2 aromatic carbocycles. The van der Waals surface area contributed by atoms with Crippen LogP contribution in [-0.2, 0) is 11.2 Å². The number of likely N-dealkylation sites (N-methyl/N-ethyl adjacent to an activating group) is 1. The van der Waals surface area contributed by atoms with Gasteiger partial charge in [0.1, 0.15) is 6.33 Å². The fourth-order valence-electron chi connectivity index (χ4n) is 2.68. The molecule has 0 unspecified atom stereocenters. The monoisotopic (exact) mass is 364 g/mol. The van der Waals surface area contributed by atoms with Crippen LogP contribution >= 0.6 is 0 Å². The Bertz CT molecular complexity index is 922. The average Bonchev–Trinajstić information content (AvgIpc) is 3.22. The minimum atomic E-state index is -0.239. The number of amides is 2. The number of tetrazole rings is 1. The van der Waals surface area contributed by atoms with Gasteiger partial charge in [-0.3, -0.25) is 9.59 Å². The van der Waals surface area contributed by atoms with Gasteiger partial charge in [0.05, 0.1) is 12.2 Å². The van der Waals surface area contributed by atoms with E-state index in [9.17, 15) is 9.59 Å². The number of carbonyl (C=O) groups is 2. The molecule has 0 saturated heterocycles. The minimum Gasteiger partial charge on any atom is -0.332 e. The van der Waals surface area contributed by atoms with E-state index < -0.39 is 0 Å². The van der Waals surface area contributed by atoms with Gasteiger partial charge in [0.2, 0.25) is 5.91 Å². The van der Waals surface area contributed by atoms with Gasteiger partial charge < -0.3 is 10.2 Å². The zero-order chi connectivity index (χ0) is 19.2. The van der Waals surface area contributed by atoms with Crippen LogP contribution in [0.25, 0.3) is 5.69 Å². The summed E-state index contributed by atoms with van der Waals surface area (Å²) < 4.78 is 1.50. The molecule has 3 rings (SSSR count). The van der Waals surface area contributed by atoms with E-state index in [1.807, 2.05) is 31.2 Å². The highest BCUT2D eigenvalue weighted by Crippen LogP contribution is 2.15. The molecule has 0 saturated carbocycles. The Morgan fingerprint density at radius 1 is 1.11 bits per heavy atom. The number of nitrogens with one attached hydrogen (secondary N) is 1. The topological polar surface area (TPSA) is 93.0 Å². The second-order valence-corrected chi connectivity index (χ2v) is 6.02. The molecule has 0 spiro atoms. The first kappa shape index (κ1) is 18.2. The summed E-state index contributed by atoms with van der Waals surface area (Å²) in [5, 5.41) is 13.8. The van der Waals surface area contributed by atoms with E-state index in [4.69, 9.17) is 0 Å². The van der Waals surface area contributed by atoms with Crippen LogP contribution in [0.4, 0.5) is 5.69 Å². The third-order valence-corrected chi connectivity index (χ3v) is 4.13. The predicted octanol–water partition coefficient (Wildman–Crippen LogP) is 1.94. The molecule has 0 aliphatic rings. The van der Waals surface area contributed by atoms with E-state index in [-0.39, 0.29) is 18.4 Å². The number of benzene rings is 2. The van der Waals surface area contributed by atoms with E-state index in [0.717, 1.165) is 23.4 Å². The zero-order valence-corrected chi connectivity index (χ0v) is 15.2. The molecule has 138 valence electrons. The van der Waals surface area contributed by atoms with Crippen molar-refractivity contribution in [2.75, 3.05) is 18.9 Å². The Kier molecular flexibility index (Phi) is 5.55. The van der Waals surface area contributed by atoms with Crippen molar-refractivity contribution in [3.05, 3.63) is 66.0 Å². The molecule has 1 aromatic heterocycles. The van der Waals surface area contributed by atoms with Gasteiger partial charge in [0, 0.05) is 18.3 Å². The highest BCUT2D eigenvalue weighted by Gasteiger charge is 2.16. The maximum absolute atomic E-state index is 12.6. The molecule has 0 bridgehead atoms. The molecule has 27 heavy (non-hydrogen) atoms. The predicted molar refractivity (Wildman–Crippen MR) is 101 cm³/mol. The lowest BCUT2D eigenvalue weighted by Crippen LogP contribution is -2.35. The highest BCUT2D eigenvalue weighted by molar-refractivity contribution is 5.99. The van der Waals surface area contributed by atoms with Crippen molar-refractivity contribution in [1.29, 1.82) is 0 Å². The van der Waals surface area contributed by atoms with Crippen LogP contribution in [0.15, 0.2) is 54.9 Å². The van der Waals surface area contributed by atoms with E-state index in [0.29, 0.717) is 5.56 Å². The Morgan fingerprint density at radius 3 is 2.52 bits per heavy atom. The van der Waals surface area contributed by atoms with Crippen LogP contribution in [-0.4, -0.2) is 50.5 Å². The Balaban J connectivity index is 1.62. The van der Waals surface area contributed by atoms with Crippen LogP contribution in [0.1, 0.15) is 22.8 Å². The smallest absolute Gasteiger partial charge is 0.254 e. The number of nitrogens with zero attached hydrogens (tertiary/aromatic N) is 5. The first-order valence-electron chi connectivity index (χ1n) is 8.55. The number of hydrogen-bond acceptors (Lipinski definition) is 5. The SMILES string of the molecule is CCc1ccccc1NC(=O)CN(C)C(=O)c1ccc(-n2cnnn2)cc1. The van der Waals surface area contributed by atoms with Crippen molar-refractivity contribution in [2.24, 2.45) is 0 Å². The molecule has 1 heterocycles. The second kappa shape index (κ2) is 8.22. The van der Waals surface area contributed by atoms with E-state index in [1.165, 1.54) is 15.9 Å². The van der Waals surface area contributed by atoms with E-state index in [2.05, 4.69) is 20.8 Å². The molecule has 0 aliphatic heterocycles. The van der Waals surface area contributed by atoms with Gasteiger partial charge in [0.15, 0.2) is 0 Å². The number of rotatable bonds is 6. The van der Waals surface area contributed by atoms with Crippen molar-refractivity contribution in [1.82, 2.24) is 25.1 Å². The van der Waals surface area contributed by atoms with Crippen LogP contribution in [0, 0.1) is 0 Å². The normalized spacial score (nSPS) is 10.4. The minimum absolute atomic E-state index is 0.0361. The van der Waals surface area contributed by atoms with Crippen molar-refractivity contribution in [2.45, 2.75) is 13.3 Å². The number of carbonyl (C=O) groups excluding carboxylic acids is 2. The summed E-state index contributed by atoms with van der Waals surface area (Å²) in [6, 6.07) is 14.5. The lowest BCUT2D eigenvalue weighted by molar-refractivity contribution is -0.116. The fourth-order valence-corrected chi connectivity index (χ4v) is 2.68. The van der Waals surface area contributed by atoms with Crippen LogP contribution in [0.3, 0.4) is 0 Å². The first-order chi connectivity index (χ1) is 13.1. The number of aromatic nitrogens is 4. The van der Waals surface area contributed by atoms with Gasteiger partial charge in [-0.05, 0) is 52.7 Å². The maximum atomic E-state index is 12.6. The van der Waals surface area contributed by atoms with Gasteiger partial charge in [0.25, 0.3) is 5.91 Å². The first-order valence-corrected chi connectivity index (χ1v) is 8.55. The van der Waals surface area contributed by atoms with Crippen molar-refractivity contribution < 1.29 is 9.59 Å². The third kappa shape index (κ3) is 4.35. The number of para-hydroxylation sites is 1. The largest absolute Gasteiger partial charge is 0.332 e. The molecule has 8 nitrogen and oxygen atoms in total. The van der Waals surface area contributed by atoms with Gasteiger partial charge in [-0.1, -0.05) is 25.1 Å². The molecular formula is C19H20N6O2. The maximum Gasteiger partial charge on any atom is 0.254 e. The highest BCUT2D eigenvalue weighted by atomic mass is 16.2. The van der Waals surface area contributed by atoms with Crippen molar-refractivity contribution >= 4 is 17.5 Å². The number of hydrogen-bond donors (Lipinski definition) is 1. The number of aryl methyl sites for hydroxylation is 1. The summed E-state index contributed by atoms with van der Waals surface area (Å²) in [4.78, 5) is 26.2. The zero-order valence-electron chi connectivity index (χ0n) is 15.2. The molecule has 3 aromatic rings. The lowest BCUT2D eigenvalue weighted by Gasteiger charge is -2.18. The third-order valence-electron chi connectivity index (χ3n) is 4.13. The molecule has 8 heteroatoms. The molecule has 2 amide bonds. The van der Waals surface area contributed by atoms with Crippen molar-refractivity contribution in [3.63, 3.8) is 0 Å². The fraction of sp³-hybridized carbons (Fsp3) is 0.211. The van der Waals surface area contributed by atoms with Gasteiger partial charge in [-0.15, -0.1) is 5.10 Å². The molecule has 0 radical (unpaired) electrons. The van der Waals surface area contributed by atoms with Crippen LogP contribution < -0.4 is 5.32 Å². The summed E-state index contributed by atoms with van der Waals surface area (Å²) in [6.45, 7) is 1.99. The molecular weight excluding hydrogens is 344 g/mol. The lowest BCUT2D eigenvalue weighted by atomic mass is 10.1. The van der Waals surface area contributed by atoms with Crippen LogP contribution in [0.2, 0.25) is 0 Å². The van der Waals surface area contributed by atoms with Crippen molar-refractivity contribution in [3.8, 4) is 5.69 Å². The van der Waals surface area contributed by atoms with E-state index in [1.54, 1.807) is 31.3 Å². The molecule has 0 fully saturated rings. The van der Waals surface area contributed by atoms with Crippen LogP contribution in [0.5, 0.6) is 0 Å². The van der Waals surface area contributed by atoms with Gasteiger partial charge >= 0.3 is 0 Å². The summed E-state index contributed by atoms with van der Waals surface area (Å²) in [7, 11) is 1.60. The average molecular weight is 364 g/mol. The standard InChI is InChI=1S/C19H20N6O2/c1-3-14-6-4-5-7-17(14)21-18(26)12-24(2)19(27)15-8-10-16(11-9-15)25-13-20-22-23-25/h4-11,13H,3,12H2,1-2H3,(H,21,26). The molecule has 1 N–H and O–H groups in total. The van der Waals surface area contributed by atoms with Gasteiger partial charge in [-0.25, -0.2) is 4.68 Å². The summed E-state index contributed by atoms with van der Waals surface area (Å²) >= 11 is 0. The van der Waals surface area contributed by atoms with Gasteiger partial charge in [-0.2, -0.15) is 0 Å². The summed E-state index contributed by atoms with van der Waals surface area (Å²) in [5.74, 6) is -0.478. The summed E-state index contributed by atoms with van der Waals surface area (Å²) in [6.07, 6.45) is 2.29.